The maximum Gasteiger partial charge on any atom is 0.264 e. The summed E-state index contributed by atoms with van der Waals surface area (Å²) in [5, 5.41) is 3.40. The topological polar surface area (TPSA) is 86.8 Å². The van der Waals surface area contributed by atoms with E-state index in [0.717, 1.165) is 26.6 Å². The quantitative estimate of drug-likeness (QED) is 0.178. The van der Waals surface area contributed by atoms with E-state index in [1.54, 1.807) is 24.3 Å². The third kappa shape index (κ3) is 9.19. The highest BCUT2D eigenvalue weighted by Crippen LogP contribution is 2.26. The minimum absolute atomic E-state index is 0.000807. The van der Waals surface area contributed by atoms with Crippen LogP contribution < -0.4 is 9.62 Å². The van der Waals surface area contributed by atoms with Crippen LogP contribution in [0.2, 0.25) is 5.02 Å². The van der Waals surface area contributed by atoms with Gasteiger partial charge in [0, 0.05) is 24.5 Å². The summed E-state index contributed by atoms with van der Waals surface area (Å²) in [6, 6.07) is 29.2. The molecular formula is C36H40ClN3O4S. The van der Waals surface area contributed by atoms with Gasteiger partial charge in [-0.25, -0.2) is 8.42 Å². The van der Waals surface area contributed by atoms with Crippen LogP contribution in [0.1, 0.15) is 36.1 Å². The Hall–Kier alpha value is -4.14. The third-order valence-electron chi connectivity index (χ3n) is 7.43. The summed E-state index contributed by atoms with van der Waals surface area (Å²) in [5.74, 6) is -0.598. The van der Waals surface area contributed by atoms with Crippen LogP contribution >= 0.6 is 11.6 Å². The maximum absolute atomic E-state index is 14.5. The van der Waals surface area contributed by atoms with E-state index in [0.29, 0.717) is 17.3 Å². The van der Waals surface area contributed by atoms with Crippen molar-refractivity contribution in [3.63, 3.8) is 0 Å². The molecule has 4 aromatic carbocycles. The average Bonchev–Trinajstić information content (AvgIpc) is 3.02. The number of nitrogens with zero attached hydrogens (tertiary/aromatic N) is 2. The fraction of sp³-hybridized carbons (Fsp3) is 0.278. The summed E-state index contributed by atoms with van der Waals surface area (Å²) < 4.78 is 29.3. The van der Waals surface area contributed by atoms with E-state index in [9.17, 15) is 18.0 Å². The van der Waals surface area contributed by atoms with Crippen LogP contribution in [0.15, 0.2) is 108 Å². The Kier molecular flexibility index (Phi) is 11.4. The number of rotatable bonds is 13. The van der Waals surface area contributed by atoms with Gasteiger partial charge < -0.3 is 10.2 Å². The molecule has 0 aromatic heterocycles. The van der Waals surface area contributed by atoms with Crippen molar-refractivity contribution in [3.8, 4) is 0 Å². The number of carbonyl (C=O) groups is 2. The summed E-state index contributed by atoms with van der Waals surface area (Å²) in [4.78, 5) is 29.8. The van der Waals surface area contributed by atoms with Crippen molar-refractivity contribution in [2.45, 2.75) is 51.6 Å². The zero-order valence-electron chi connectivity index (χ0n) is 26.1. The lowest BCUT2D eigenvalue weighted by molar-refractivity contribution is -0.140. The molecule has 9 heteroatoms. The molecule has 0 unspecified atom stereocenters. The zero-order chi connectivity index (χ0) is 32.6. The van der Waals surface area contributed by atoms with E-state index >= 15 is 0 Å². The van der Waals surface area contributed by atoms with Crippen LogP contribution in [0.4, 0.5) is 5.69 Å². The molecule has 0 bridgehead atoms. The number of anilines is 1. The summed E-state index contributed by atoms with van der Waals surface area (Å²) in [7, 11) is -4.19. The van der Waals surface area contributed by atoms with E-state index in [2.05, 4.69) is 5.32 Å². The van der Waals surface area contributed by atoms with E-state index in [4.69, 9.17) is 11.6 Å². The van der Waals surface area contributed by atoms with Crippen molar-refractivity contribution in [1.82, 2.24) is 10.2 Å². The van der Waals surface area contributed by atoms with Gasteiger partial charge in [0.05, 0.1) is 10.6 Å². The smallest absolute Gasteiger partial charge is 0.264 e. The van der Waals surface area contributed by atoms with Crippen LogP contribution in [0, 0.1) is 19.8 Å². The lowest BCUT2D eigenvalue weighted by Gasteiger charge is -2.34. The first kappa shape index (κ1) is 33.7. The van der Waals surface area contributed by atoms with E-state index in [-0.39, 0.29) is 29.7 Å². The summed E-state index contributed by atoms with van der Waals surface area (Å²) in [6.07, 6.45) is 0.261. The first-order valence-electron chi connectivity index (χ1n) is 15.0. The van der Waals surface area contributed by atoms with Gasteiger partial charge in [-0.2, -0.15) is 0 Å². The largest absolute Gasteiger partial charge is 0.354 e. The summed E-state index contributed by atoms with van der Waals surface area (Å²) >= 11 is 6.06. The Morgan fingerprint density at radius 1 is 0.778 bits per heavy atom. The molecule has 0 aliphatic carbocycles. The monoisotopic (exact) mass is 645 g/mol. The van der Waals surface area contributed by atoms with Crippen molar-refractivity contribution in [2.75, 3.05) is 17.4 Å². The number of aryl methyl sites for hydroxylation is 2. The predicted octanol–water partition coefficient (Wildman–Crippen LogP) is 6.56. The molecule has 1 N–H and O–H groups in total. The van der Waals surface area contributed by atoms with Crippen LogP contribution in [-0.2, 0) is 32.6 Å². The molecule has 0 heterocycles. The standard InChI is InChI=1S/C36H40ClN3O4S/c1-26(2)23-38-36(42)34(22-29-8-6-5-7-9-29)39(24-30-14-10-27(3)11-15-30)35(41)25-40(32-18-12-28(4)13-19-32)45(43,44)33-20-16-31(37)17-21-33/h5-21,26,34H,22-25H2,1-4H3,(H,38,42)/t34-/m1/s1. The van der Waals surface area contributed by atoms with Crippen molar-refractivity contribution in [1.29, 1.82) is 0 Å². The molecule has 0 fully saturated rings. The first-order chi connectivity index (χ1) is 21.4. The molecule has 2 amide bonds. The SMILES string of the molecule is Cc1ccc(CN(C(=O)CN(c2ccc(C)cc2)S(=O)(=O)c2ccc(Cl)cc2)[C@H](Cc2ccccc2)C(=O)NCC(C)C)cc1. The van der Waals surface area contributed by atoms with Crippen LogP contribution in [0.25, 0.3) is 0 Å². The molecular weight excluding hydrogens is 606 g/mol. The normalized spacial score (nSPS) is 12.0. The predicted molar refractivity (Wildman–Crippen MR) is 181 cm³/mol. The third-order valence-corrected chi connectivity index (χ3v) is 9.47. The molecule has 0 spiro atoms. The molecule has 0 aliphatic heterocycles. The number of hydrogen-bond donors (Lipinski definition) is 1. The van der Waals surface area contributed by atoms with Gasteiger partial charge in [-0.05, 0) is 67.3 Å². The van der Waals surface area contributed by atoms with Crippen molar-refractivity contribution >= 4 is 39.1 Å². The Morgan fingerprint density at radius 2 is 1.36 bits per heavy atom. The van der Waals surface area contributed by atoms with Gasteiger partial charge in [-0.15, -0.1) is 0 Å². The highest BCUT2D eigenvalue weighted by atomic mass is 35.5. The van der Waals surface area contributed by atoms with Gasteiger partial charge in [-0.3, -0.25) is 13.9 Å². The van der Waals surface area contributed by atoms with Crippen molar-refractivity contribution < 1.29 is 18.0 Å². The second-order valence-corrected chi connectivity index (χ2v) is 14.0. The molecule has 236 valence electrons. The van der Waals surface area contributed by atoms with Crippen LogP contribution in [0.5, 0.6) is 0 Å². The van der Waals surface area contributed by atoms with Crippen LogP contribution in [-0.4, -0.2) is 44.3 Å². The number of halogens is 1. The number of hydrogen-bond acceptors (Lipinski definition) is 4. The number of carbonyl (C=O) groups excluding carboxylic acids is 2. The van der Waals surface area contributed by atoms with E-state index < -0.39 is 28.5 Å². The highest BCUT2D eigenvalue weighted by Gasteiger charge is 2.34. The Morgan fingerprint density at radius 3 is 1.93 bits per heavy atom. The lowest BCUT2D eigenvalue weighted by Crippen LogP contribution is -2.53. The minimum atomic E-state index is -4.19. The molecule has 0 radical (unpaired) electrons. The number of nitrogens with one attached hydrogen (secondary N) is 1. The number of amides is 2. The van der Waals surface area contributed by atoms with Gasteiger partial charge in [0.25, 0.3) is 10.0 Å². The van der Waals surface area contributed by atoms with Gasteiger partial charge in [0.2, 0.25) is 11.8 Å². The Bertz CT molecular complexity index is 1680. The molecule has 0 aliphatic rings. The summed E-state index contributed by atoms with van der Waals surface area (Å²) in [5.41, 5.74) is 4.05. The first-order valence-corrected chi connectivity index (χ1v) is 16.8. The van der Waals surface area contributed by atoms with E-state index in [1.807, 2.05) is 82.3 Å². The molecule has 0 saturated carbocycles. The van der Waals surface area contributed by atoms with Gasteiger partial charge >= 0.3 is 0 Å². The number of sulfonamides is 1. The molecule has 45 heavy (non-hydrogen) atoms. The average molecular weight is 646 g/mol. The molecule has 7 nitrogen and oxygen atoms in total. The second kappa shape index (κ2) is 15.2. The summed E-state index contributed by atoms with van der Waals surface area (Å²) in [6.45, 7) is 7.94. The highest BCUT2D eigenvalue weighted by molar-refractivity contribution is 7.92. The van der Waals surface area contributed by atoms with Crippen molar-refractivity contribution in [3.05, 3.63) is 130 Å². The maximum atomic E-state index is 14.5. The van der Waals surface area contributed by atoms with Gasteiger partial charge in [-0.1, -0.05) is 103 Å². The van der Waals surface area contributed by atoms with Gasteiger partial charge in [0.1, 0.15) is 12.6 Å². The molecule has 4 aromatic rings. The minimum Gasteiger partial charge on any atom is -0.354 e. The lowest BCUT2D eigenvalue weighted by atomic mass is 10.0. The fourth-order valence-corrected chi connectivity index (χ4v) is 6.38. The van der Waals surface area contributed by atoms with Crippen molar-refractivity contribution in [2.24, 2.45) is 5.92 Å². The fourth-order valence-electron chi connectivity index (χ4n) is 4.84. The number of benzene rings is 4. The molecule has 1 atom stereocenters. The van der Waals surface area contributed by atoms with Gasteiger partial charge in [0.15, 0.2) is 0 Å². The van der Waals surface area contributed by atoms with Crippen LogP contribution in [0.3, 0.4) is 0 Å². The second-order valence-electron chi connectivity index (χ2n) is 11.7. The molecule has 4 rings (SSSR count). The molecule has 0 saturated heterocycles. The van der Waals surface area contributed by atoms with E-state index in [1.165, 1.54) is 29.2 Å². The Labute approximate surface area is 271 Å². The zero-order valence-corrected chi connectivity index (χ0v) is 27.7. The Balaban J connectivity index is 1.79.